The fourth-order valence-corrected chi connectivity index (χ4v) is 3.63. The lowest BCUT2D eigenvalue weighted by Gasteiger charge is -2.27. The number of thioether (sulfide) groups is 1. The zero-order valence-electron chi connectivity index (χ0n) is 10.3. The molecular formula is C11H16N2O3S2. The zero-order chi connectivity index (χ0) is 13.1. The minimum Gasteiger partial charge on any atom is -0.378 e. The second-order valence-corrected chi connectivity index (χ2v) is 5.99. The minimum absolute atomic E-state index is 0.0184. The van der Waals surface area contributed by atoms with Crippen LogP contribution >= 0.6 is 24.0 Å². The summed E-state index contributed by atoms with van der Waals surface area (Å²) in [6.07, 6.45) is 0.236. The van der Waals surface area contributed by atoms with Gasteiger partial charge in [0, 0.05) is 26.1 Å². The Morgan fingerprint density at radius 1 is 1.50 bits per heavy atom. The molecule has 0 spiro atoms. The van der Waals surface area contributed by atoms with Crippen LogP contribution in [-0.4, -0.2) is 64.0 Å². The van der Waals surface area contributed by atoms with Crippen LogP contribution in [0.15, 0.2) is 0 Å². The summed E-state index contributed by atoms with van der Waals surface area (Å²) in [6, 6.07) is 0. The number of carbonyl (C=O) groups excluding carboxylic acids is 2. The van der Waals surface area contributed by atoms with Crippen molar-refractivity contribution in [1.29, 1.82) is 0 Å². The number of hydrogen-bond acceptors (Lipinski definition) is 5. The molecule has 0 radical (unpaired) electrons. The van der Waals surface area contributed by atoms with E-state index in [2.05, 4.69) is 0 Å². The van der Waals surface area contributed by atoms with E-state index in [1.54, 1.807) is 9.80 Å². The summed E-state index contributed by atoms with van der Waals surface area (Å²) < 4.78 is 5.78. The molecule has 5 nitrogen and oxygen atoms in total. The molecular weight excluding hydrogens is 272 g/mol. The molecule has 0 saturated carbocycles. The van der Waals surface area contributed by atoms with Gasteiger partial charge in [-0.3, -0.25) is 14.5 Å². The van der Waals surface area contributed by atoms with Crippen LogP contribution in [0.25, 0.3) is 0 Å². The van der Waals surface area contributed by atoms with Crippen LogP contribution in [-0.2, 0) is 14.3 Å². The van der Waals surface area contributed by atoms with Gasteiger partial charge in [-0.05, 0) is 6.92 Å². The van der Waals surface area contributed by atoms with E-state index in [0.717, 1.165) is 0 Å². The fourth-order valence-electron chi connectivity index (χ4n) is 2.01. The maximum Gasteiger partial charge on any atom is 0.242 e. The molecule has 7 heteroatoms. The quantitative estimate of drug-likeness (QED) is 0.707. The summed E-state index contributed by atoms with van der Waals surface area (Å²) in [5, 5.41) is -0.340. The number of thiocarbonyl (C=S) groups is 1. The normalized spacial score (nSPS) is 24.8. The van der Waals surface area contributed by atoms with Gasteiger partial charge in [0.25, 0.3) is 0 Å². The highest BCUT2D eigenvalue weighted by molar-refractivity contribution is 8.24. The molecule has 0 aromatic carbocycles. The van der Waals surface area contributed by atoms with E-state index in [4.69, 9.17) is 17.0 Å². The fraction of sp³-hybridized carbons (Fsp3) is 0.727. The summed E-state index contributed by atoms with van der Waals surface area (Å²) in [5.74, 6) is -0.0148. The molecule has 100 valence electrons. The van der Waals surface area contributed by atoms with Crippen LogP contribution < -0.4 is 0 Å². The van der Waals surface area contributed by atoms with Crippen molar-refractivity contribution in [3.05, 3.63) is 0 Å². The second kappa shape index (κ2) is 5.99. The first kappa shape index (κ1) is 13.8. The third-order valence-corrected chi connectivity index (χ3v) is 4.63. The molecule has 0 aliphatic carbocycles. The Balaban J connectivity index is 1.91. The summed E-state index contributed by atoms with van der Waals surface area (Å²) in [6.45, 7) is 4.86. The van der Waals surface area contributed by atoms with Gasteiger partial charge in [-0.2, -0.15) is 0 Å². The van der Waals surface area contributed by atoms with Crippen molar-refractivity contribution in [3.63, 3.8) is 0 Å². The summed E-state index contributed by atoms with van der Waals surface area (Å²) >= 11 is 6.45. The van der Waals surface area contributed by atoms with Gasteiger partial charge >= 0.3 is 0 Å². The highest BCUT2D eigenvalue weighted by Gasteiger charge is 2.38. The van der Waals surface area contributed by atoms with Gasteiger partial charge in [0.2, 0.25) is 11.8 Å². The van der Waals surface area contributed by atoms with Crippen LogP contribution in [0.2, 0.25) is 0 Å². The first-order valence-corrected chi connectivity index (χ1v) is 7.29. The summed E-state index contributed by atoms with van der Waals surface area (Å²) in [5.41, 5.74) is 0. The summed E-state index contributed by atoms with van der Waals surface area (Å²) in [7, 11) is 0. The van der Waals surface area contributed by atoms with E-state index in [1.165, 1.54) is 11.8 Å². The van der Waals surface area contributed by atoms with Crippen molar-refractivity contribution in [1.82, 2.24) is 9.80 Å². The molecule has 2 amide bonds. The lowest BCUT2D eigenvalue weighted by molar-refractivity contribution is -0.137. The molecule has 2 rings (SSSR count). The number of nitrogens with zero attached hydrogens (tertiary/aromatic N) is 2. The molecule has 2 heterocycles. The van der Waals surface area contributed by atoms with Crippen LogP contribution in [0.5, 0.6) is 0 Å². The minimum atomic E-state index is -0.340. The predicted molar refractivity (Wildman–Crippen MR) is 73.4 cm³/mol. The second-order valence-electron chi connectivity index (χ2n) is 4.15. The van der Waals surface area contributed by atoms with E-state index in [1.807, 2.05) is 6.92 Å². The molecule has 0 bridgehead atoms. The Morgan fingerprint density at radius 2 is 2.17 bits per heavy atom. The van der Waals surface area contributed by atoms with Crippen LogP contribution in [0.3, 0.4) is 0 Å². The number of hydrogen-bond donors (Lipinski definition) is 0. The van der Waals surface area contributed by atoms with E-state index < -0.39 is 0 Å². The van der Waals surface area contributed by atoms with Gasteiger partial charge in [-0.15, -0.1) is 0 Å². The van der Waals surface area contributed by atoms with E-state index in [0.29, 0.717) is 37.2 Å². The number of carbonyl (C=O) groups is 2. The van der Waals surface area contributed by atoms with Gasteiger partial charge in [-0.1, -0.05) is 24.0 Å². The SMILES string of the molecule is CCN1C(=O)C(CC(=O)N2CCOCC2)SC1=S. The molecule has 1 atom stereocenters. The van der Waals surface area contributed by atoms with Gasteiger partial charge in [0.1, 0.15) is 4.32 Å². The van der Waals surface area contributed by atoms with E-state index in [9.17, 15) is 9.59 Å². The Kier molecular flexibility index (Phi) is 4.58. The predicted octanol–water partition coefficient (Wildman–Crippen LogP) is 0.484. The van der Waals surface area contributed by atoms with Gasteiger partial charge in [0.05, 0.1) is 18.5 Å². The molecule has 0 N–H and O–H groups in total. The molecule has 0 aromatic rings. The lowest BCUT2D eigenvalue weighted by Crippen LogP contribution is -2.42. The number of amides is 2. The average Bonchev–Trinajstić information content (AvgIpc) is 2.65. The molecule has 2 aliphatic rings. The van der Waals surface area contributed by atoms with Crippen molar-refractivity contribution < 1.29 is 14.3 Å². The molecule has 2 saturated heterocycles. The zero-order valence-corrected chi connectivity index (χ0v) is 11.9. The van der Waals surface area contributed by atoms with Gasteiger partial charge in [-0.25, -0.2) is 0 Å². The molecule has 2 aliphatic heterocycles. The van der Waals surface area contributed by atoms with Gasteiger partial charge in [0.15, 0.2) is 0 Å². The van der Waals surface area contributed by atoms with Crippen LogP contribution in [0.1, 0.15) is 13.3 Å². The standard InChI is InChI=1S/C11H16N2O3S2/c1-2-13-10(15)8(18-11(13)17)7-9(14)12-3-5-16-6-4-12/h8H,2-7H2,1H3. The Hall–Kier alpha value is -0.660. The third kappa shape index (κ3) is 2.84. The highest BCUT2D eigenvalue weighted by Crippen LogP contribution is 2.29. The Labute approximate surface area is 116 Å². The Morgan fingerprint density at radius 3 is 2.72 bits per heavy atom. The topological polar surface area (TPSA) is 49.9 Å². The number of rotatable bonds is 3. The van der Waals surface area contributed by atoms with Crippen LogP contribution in [0.4, 0.5) is 0 Å². The molecule has 2 fully saturated rings. The maximum absolute atomic E-state index is 12.0. The summed E-state index contributed by atoms with van der Waals surface area (Å²) in [4.78, 5) is 27.4. The van der Waals surface area contributed by atoms with Crippen molar-refractivity contribution >= 4 is 40.1 Å². The first-order chi connectivity index (χ1) is 8.63. The van der Waals surface area contributed by atoms with Crippen molar-refractivity contribution in [2.75, 3.05) is 32.8 Å². The maximum atomic E-state index is 12.0. The third-order valence-electron chi connectivity index (χ3n) is 3.04. The monoisotopic (exact) mass is 288 g/mol. The first-order valence-electron chi connectivity index (χ1n) is 6.01. The van der Waals surface area contributed by atoms with E-state index >= 15 is 0 Å². The molecule has 18 heavy (non-hydrogen) atoms. The van der Waals surface area contributed by atoms with Crippen molar-refractivity contribution in [3.8, 4) is 0 Å². The molecule has 1 unspecified atom stereocenters. The number of morpholine rings is 1. The lowest BCUT2D eigenvalue weighted by atomic mass is 10.2. The van der Waals surface area contributed by atoms with E-state index in [-0.39, 0.29) is 23.5 Å². The van der Waals surface area contributed by atoms with Crippen molar-refractivity contribution in [2.45, 2.75) is 18.6 Å². The largest absolute Gasteiger partial charge is 0.378 e. The van der Waals surface area contributed by atoms with Crippen LogP contribution in [0, 0.1) is 0 Å². The molecule has 0 aromatic heterocycles. The smallest absolute Gasteiger partial charge is 0.242 e. The Bertz CT molecular complexity index is 369. The average molecular weight is 288 g/mol. The highest BCUT2D eigenvalue weighted by atomic mass is 32.2. The van der Waals surface area contributed by atoms with Gasteiger partial charge < -0.3 is 9.64 Å². The number of ether oxygens (including phenoxy) is 1. The van der Waals surface area contributed by atoms with Crippen molar-refractivity contribution in [2.24, 2.45) is 0 Å².